The van der Waals surface area contributed by atoms with E-state index >= 15 is 0 Å². The highest BCUT2D eigenvalue weighted by atomic mass is 16.4. The molecule has 4 atom stereocenters. The van der Waals surface area contributed by atoms with Gasteiger partial charge in [-0.3, -0.25) is 14.4 Å². The Kier molecular flexibility index (Phi) is 4.18. The van der Waals surface area contributed by atoms with Crippen molar-refractivity contribution >= 4 is 17.8 Å². The number of carbonyl (C=O) groups is 3. The van der Waals surface area contributed by atoms with Crippen LogP contribution >= 0.6 is 0 Å². The quantitative estimate of drug-likeness (QED) is 0.557. The number of carboxylic acid groups (broad SMARTS) is 1. The molecule has 2 amide bonds. The summed E-state index contributed by atoms with van der Waals surface area (Å²) in [6, 6.07) is 0. The number of aliphatic carboxylic acids is 1. The van der Waals surface area contributed by atoms with E-state index in [0.717, 1.165) is 19.4 Å². The first-order chi connectivity index (χ1) is 10.6. The second kappa shape index (κ2) is 6.10. The van der Waals surface area contributed by atoms with E-state index in [0.29, 0.717) is 25.9 Å². The molecule has 2 bridgehead atoms. The number of allylic oxidation sites excluding steroid dienone is 2. The number of hydrogen-bond acceptors (Lipinski definition) is 3. The average Bonchev–Trinajstić information content (AvgIpc) is 3.18. The summed E-state index contributed by atoms with van der Waals surface area (Å²) in [5.74, 6) is -1.81. The third kappa shape index (κ3) is 2.74. The van der Waals surface area contributed by atoms with Crippen LogP contribution in [0.5, 0.6) is 0 Å². The number of carbonyl (C=O) groups excluding carboxylic acids is 2. The Morgan fingerprint density at radius 1 is 1.27 bits per heavy atom. The zero-order valence-corrected chi connectivity index (χ0v) is 12.5. The van der Waals surface area contributed by atoms with Gasteiger partial charge in [0.2, 0.25) is 11.8 Å². The van der Waals surface area contributed by atoms with E-state index in [1.165, 1.54) is 0 Å². The van der Waals surface area contributed by atoms with E-state index in [9.17, 15) is 19.5 Å². The summed E-state index contributed by atoms with van der Waals surface area (Å²) in [5.41, 5.74) is 0. The van der Waals surface area contributed by atoms with Crippen LogP contribution in [0.3, 0.4) is 0 Å². The lowest BCUT2D eigenvalue weighted by atomic mass is 9.82. The minimum absolute atomic E-state index is 0.000437. The normalized spacial score (nSPS) is 32.7. The highest BCUT2D eigenvalue weighted by Gasteiger charge is 2.51. The lowest BCUT2D eigenvalue weighted by molar-refractivity contribution is -0.147. The second-order valence-corrected chi connectivity index (χ2v) is 6.47. The van der Waals surface area contributed by atoms with Gasteiger partial charge >= 0.3 is 5.97 Å². The van der Waals surface area contributed by atoms with Gasteiger partial charge in [-0.1, -0.05) is 12.2 Å². The number of nitrogens with zero attached hydrogens (tertiary/aromatic N) is 1. The Hall–Kier alpha value is -1.85. The predicted molar refractivity (Wildman–Crippen MR) is 78.8 cm³/mol. The van der Waals surface area contributed by atoms with Crippen molar-refractivity contribution in [3.8, 4) is 0 Å². The number of rotatable bonds is 6. The van der Waals surface area contributed by atoms with Crippen LogP contribution in [0.15, 0.2) is 12.2 Å². The molecule has 2 N–H and O–H groups in total. The van der Waals surface area contributed by atoms with Gasteiger partial charge in [0, 0.05) is 26.1 Å². The Morgan fingerprint density at radius 2 is 2.00 bits per heavy atom. The van der Waals surface area contributed by atoms with Crippen LogP contribution in [0.25, 0.3) is 0 Å². The zero-order valence-electron chi connectivity index (χ0n) is 12.5. The number of nitrogens with one attached hydrogen (secondary N) is 1. The largest absolute Gasteiger partial charge is 0.481 e. The average molecular weight is 306 g/mol. The summed E-state index contributed by atoms with van der Waals surface area (Å²) in [7, 11) is 0. The summed E-state index contributed by atoms with van der Waals surface area (Å²) < 4.78 is 0. The molecule has 0 radical (unpaired) electrons. The summed E-state index contributed by atoms with van der Waals surface area (Å²) in [6.45, 7) is 1.97. The van der Waals surface area contributed by atoms with E-state index in [2.05, 4.69) is 5.32 Å². The third-order valence-electron chi connectivity index (χ3n) is 5.12. The van der Waals surface area contributed by atoms with Gasteiger partial charge in [-0.2, -0.15) is 0 Å². The highest BCUT2D eigenvalue weighted by Crippen LogP contribution is 2.48. The standard InChI is InChI=1S/C16H22N2O4/c19-12-3-1-7-18(12)8-2-6-17-15(20)13-10-4-5-11(9-10)14(13)16(21)22/h4-5,10-11,13-14H,1-3,6-9H2,(H,17,20)(H,21,22)/t10-,11-,13-,14+/m0/s1. The Bertz CT molecular complexity index is 516. The molecule has 3 rings (SSSR count). The minimum Gasteiger partial charge on any atom is -0.481 e. The molecule has 1 heterocycles. The van der Waals surface area contributed by atoms with E-state index in [-0.39, 0.29) is 23.7 Å². The molecule has 0 unspecified atom stereocenters. The molecule has 0 aromatic heterocycles. The van der Waals surface area contributed by atoms with Crippen molar-refractivity contribution in [3.05, 3.63) is 12.2 Å². The van der Waals surface area contributed by atoms with Crippen molar-refractivity contribution in [2.75, 3.05) is 19.6 Å². The molecule has 2 fully saturated rings. The number of carboxylic acids is 1. The number of likely N-dealkylation sites (tertiary alicyclic amines) is 1. The van der Waals surface area contributed by atoms with Crippen molar-refractivity contribution in [2.24, 2.45) is 23.7 Å². The van der Waals surface area contributed by atoms with Crippen LogP contribution in [-0.2, 0) is 14.4 Å². The van der Waals surface area contributed by atoms with E-state index in [1.54, 1.807) is 0 Å². The van der Waals surface area contributed by atoms with Gasteiger partial charge < -0.3 is 15.3 Å². The van der Waals surface area contributed by atoms with E-state index in [1.807, 2.05) is 17.1 Å². The molecular weight excluding hydrogens is 284 g/mol. The fourth-order valence-corrected chi connectivity index (χ4v) is 4.06. The second-order valence-electron chi connectivity index (χ2n) is 6.47. The molecular formula is C16H22N2O4. The highest BCUT2D eigenvalue weighted by molar-refractivity contribution is 5.86. The van der Waals surface area contributed by atoms with Gasteiger partial charge in [-0.05, 0) is 31.1 Å². The fourth-order valence-electron chi connectivity index (χ4n) is 4.06. The molecule has 6 nitrogen and oxygen atoms in total. The topological polar surface area (TPSA) is 86.7 Å². The molecule has 1 saturated heterocycles. The number of hydrogen-bond donors (Lipinski definition) is 2. The molecule has 22 heavy (non-hydrogen) atoms. The summed E-state index contributed by atoms with van der Waals surface area (Å²) in [4.78, 5) is 37.0. The van der Waals surface area contributed by atoms with Gasteiger partial charge in [0.05, 0.1) is 11.8 Å². The maximum absolute atomic E-state index is 12.3. The van der Waals surface area contributed by atoms with Crippen molar-refractivity contribution in [1.29, 1.82) is 0 Å². The first-order valence-electron chi connectivity index (χ1n) is 8.04. The summed E-state index contributed by atoms with van der Waals surface area (Å²) >= 11 is 0. The van der Waals surface area contributed by atoms with Gasteiger partial charge in [0.15, 0.2) is 0 Å². The smallest absolute Gasteiger partial charge is 0.307 e. The number of amides is 2. The Balaban J connectivity index is 1.46. The molecule has 120 valence electrons. The van der Waals surface area contributed by atoms with Crippen LogP contribution in [0.2, 0.25) is 0 Å². The number of fused-ring (bicyclic) bond motifs is 2. The molecule has 1 aliphatic heterocycles. The van der Waals surface area contributed by atoms with Crippen molar-refractivity contribution in [3.63, 3.8) is 0 Å². The lowest BCUT2D eigenvalue weighted by Crippen LogP contribution is -2.41. The monoisotopic (exact) mass is 306 g/mol. The van der Waals surface area contributed by atoms with Gasteiger partial charge in [-0.15, -0.1) is 0 Å². The molecule has 0 spiro atoms. The van der Waals surface area contributed by atoms with Crippen molar-refractivity contribution in [1.82, 2.24) is 10.2 Å². The molecule has 3 aliphatic rings. The maximum Gasteiger partial charge on any atom is 0.307 e. The summed E-state index contributed by atoms with van der Waals surface area (Å²) in [6.07, 6.45) is 6.96. The van der Waals surface area contributed by atoms with Crippen molar-refractivity contribution in [2.45, 2.75) is 25.7 Å². The Morgan fingerprint density at radius 3 is 2.64 bits per heavy atom. The minimum atomic E-state index is -0.875. The van der Waals surface area contributed by atoms with E-state index in [4.69, 9.17) is 0 Å². The lowest BCUT2D eigenvalue weighted by Gasteiger charge is -2.24. The Labute approximate surface area is 129 Å². The molecule has 0 aromatic rings. The fraction of sp³-hybridized carbons (Fsp3) is 0.688. The predicted octanol–water partition coefficient (Wildman–Crippen LogP) is 0.638. The third-order valence-corrected chi connectivity index (χ3v) is 5.12. The molecule has 2 aliphatic carbocycles. The van der Waals surface area contributed by atoms with Gasteiger partial charge in [0.1, 0.15) is 0 Å². The van der Waals surface area contributed by atoms with Crippen LogP contribution in [0.1, 0.15) is 25.7 Å². The molecule has 1 saturated carbocycles. The van der Waals surface area contributed by atoms with Crippen LogP contribution < -0.4 is 5.32 Å². The molecule has 6 heteroatoms. The van der Waals surface area contributed by atoms with Crippen LogP contribution in [0, 0.1) is 23.7 Å². The first kappa shape index (κ1) is 15.1. The van der Waals surface area contributed by atoms with Gasteiger partial charge in [0.25, 0.3) is 0 Å². The summed E-state index contributed by atoms with van der Waals surface area (Å²) in [5, 5.41) is 12.2. The van der Waals surface area contributed by atoms with Crippen molar-refractivity contribution < 1.29 is 19.5 Å². The SMILES string of the molecule is O=C(NCCCN1CCCC1=O)[C@@H]1[C@H](C(=O)O)[C@H]2C=C[C@H]1C2. The first-order valence-corrected chi connectivity index (χ1v) is 8.04. The van der Waals surface area contributed by atoms with Crippen LogP contribution in [-0.4, -0.2) is 47.4 Å². The molecule has 0 aromatic carbocycles. The zero-order chi connectivity index (χ0) is 15.7. The van der Waals surface area contributed by atoms with Crippen LogP contribution in [0.4, 0.5) is 0 Å². The van der Waals surface area contributed by atoms with E-state index < -0.39 is 17.8 Å². The van der Waals surface area contributed by atoms with Gasteiger partial charge in [-0.25, -0.2) is 0 Å². The maximum atomic E-state index is 12.3.